The number of nitrogens with one attached hydrogen (secondary N) is 1. The molecule has 2 unspecified atom stereocenters. The van der Waals surface area contributed by atoms with Crippen molar-refractivity contribution in [2.45, 2.75) is 173 Å². The number of aromatic nitrogens is 3. The van der Waals surface area contributed by atoms with E-state index in [1.54, 1.807) is 55.6 Å². The van der Waals surface area contributed by atoms with Crippen molar-refractivity contribution in [2.75, 3.05) is 25.6 Å². The Morgan fingerprint density at radius 3 is 2.24 bits per heavy atom. The van der Waals surface area contributed by atoms with Crippen LogP contribution >= 0.6 is 7.75 Å². The van der Waals surface area contributed by atoms with Crippen molar-refractivity contribution in [3.8, 4) is 5.75 Å². The number of rotatable bonds is 29. The predicted octanol–water partition coefficient (Wildman–Crippen LogP) is 9.01. The lowest BCUT2D eigenvalue weighted by Crippen LogP contribution is -2.36. The molecule has 0 bridgehead atoms. The number of hydrogen-bond acceptors (Lipinski definition) is 12. The number of benzene rings is 1. The number of hydrogen-bond donors (Lipinski definition) is 3. The van der Waals surface area contributed by atoms with Crippen LogP contribution in [0.3, 0.4) is 0 Å². The number of esters is 1. The third kappa shape index (κ3) is 14.3. The first-order valence-corrected chi connectivity index (χ1v) is 23.2. The highest BCUT2D eigenvalue weighted by Crippen LogP contribution is 2.61. The first-order valence-electron chi connectivity index (χ1n) is 21.6. The summed E-state index contributed by atoms with van der Waals surface area (Å²) in [5, 5.41) is 17.8. The average Bonchev–Trinajstić information content (AvgIpc) is 3.44. The van der Waals surface area contributed by atoms with Crippen LogP contribution in [0.1, 0.15) is 149 Å². The quantitative estimate of drug-likeness (QED) is 0.0262. The van der Waals surface area contributed by atoms with Crippen molar-refractivity contribution in [3.63, 3.8) is 0 Å². The number of fused-ring (bicyclic) bond motifs is 1. The smallest absolute Gasteiger partial charge is 0.459 e. The molecule has 14 nitrogen and oxygen atoms in total. The van der Waals surface area contributed by atoms with Crippen LogP contribution in [0.2, 0.25) is 0 Å². The standard InChI is InChI=1S/C43H68N5O9P/c1-5-6-7-8-9-10-11-12-13-14-15-16-17-21-27-52-28-22-29-53-41(49)33(2)47-58(51,56-34-23-19-18-20-24-34)57-38-31-43(38)30-37(54-42(3,4)50)39(55-43)35-25-26-36-40(44)45-32-46-48(35)36/h18-20,23-26,32-33,37-39,50H,5-17,21-22,27-31H2,1-4H3,(H,47,51)(H2,44,45,46)/t33-,37?,38-,39-,43-,58?/m0/s1. The molecule has 3 heterocycles. The van der Waals surface area contributed by atoms with Crippen LogP contribution < -0.4 is 15.3 Å². The van der Waals surface area contributed by atoms with Gasteiger partial charge in [0.2, 0.25) is 0 Å². The molecule has 1 saturated carbocycles. The molecule has 1 aliphatic carbocycles. The molecule has 1 aliphatic heterocycles. The molecule has 2 aromatic heterocycles. The largest absolute Gasteiger partial charge is 0.464 e. The highest BCUT2D eigenvalue weighted by molar-refractivity contribution is 7.52. The normalized spacial score (nSPS) is 22.0. The lowest BCUT2D eigenvalue weighted by atomic mass is 10.0. The molecule has 1 saturated heterocycles. The van der Waals surface area contributed by atoms with Crippen LogP contribution in [0.5, 0.6) is 5.75 Å². The second kappa shape index (κ2) is 22.5. The number of anilines is 1. The minimum absolute atomic E-state index is 0.169. The molecule has 2 fully saturated rings. The monoisotopic (exact) mass is 829 g/mol. The summed E-state index contributed by atoms with van der Waals surface area (Å²) in [5.74, 6) is -1.45. The van der Waals surface area contributed by atoms with Gasteiger partial charge in [0.25, 0.3) is 0 Å². The zero-order valence-electron chi connectivity index (χ0n) is 35.1. The Kier molecular flexibility index (Phi) is 17.8. The Hall–Kier alpha value is -3.10. The topological polar surface area (TPSA) is 178 Å². The van der Waals surface area contributed by atoms with Crippen LogP contribution in [0.4, 0.5) is 5.82 Å². The van der Waals surface area contributed by atoms with Gasteiger partial charge >= 0.3 is 13.7 Å². The highest BCUT2D eigenvalue weighted by Gasteiger charge is 2.67. The van der Waals surface area contributed by atoms with Gasteiger partial charge in [-0.05, 0) is 51.5 Å². The number of aliphatic hydroxyl groups is 1. The van der Waals surface area contributed by atoms with Crippen LogP contribution in [0.15, 0.2) is 48.8 Å². The van der Waals surface area contributed by atoms with E-state index in [2.05, 4.69) is 22.1 Å². The third-order valence-electron chi connectivity index (χ3n) is 10.7. The van der Waals surface area contributed by atoms with Gasteiger partial charge in [-0.3, -0.25) is 9.32 Å². The van der Waals surface area contributed by atoms with Gasteiger partial charge in [-0.15, -0.1) is 0 Å². The van der Waals surface area contributed by atoms with E-state index in [1.165, 1.54) is 89.8 Å². The Labute approximate surface area is 344 Å². The molecule has 2 aliphatic rings. The van der Waals surface area contributed by atoms with Gasteiger partial charge in [-0.1, -0.05) is 109 Å². The second-order valence-electron chi connectivity index (χ2n) is 16.4. The maximum Gasteiger partial charge on any atom is 0.459 e. The lowest BCUT2D eigenvalue weighted by molar-refractivity contribution is -0.215. The summed E-state index contributed by atoms with van der Waals surface area (Å²) in [5.41, 5.74) is 6.43. The van der Waals surface area contributed by atoms with Gasteiger partial charge in [0, 0.05) is 32.5 Å². The van der Waals surface area contributed by atoms with Gasteiger partial charge in [0.1, 0.15) is 41.4 Å². The van der Waals surface area contributed by atoms with E-state index < -0.39 is 49.5 Å². The van der Waals surface area contributed by atoms with E-state index >= 15 is 0 Å². The molecule has 1 aromatic carbocycles. The van der Waals surface area contributed by atoms with E-state index in [0.717, 1.165) is 6.42 Å². The summed E-state index contributed by atoms with van der Waals surface area (Å²) in [4.78, 5) is 17.1. The fraction of sp³-hybridized carbons (Fsp3) is 0.698. The summed E-state index contributed by atoms with van der Waals surface area (Å²) in [6.45, 7) is 8.28. The SMILES string of the molecule is CCCCCCCCCCCCCCCCOCCCOC(=O)[C@H](C)NP(=O)(Oc1ccccc1)O[C@H]1C[C@@]12CC(OC(C)(C)O)[C@H](c1ccc3c(N)ncnn13)O2. The molecular weight excluding hydrogens is 761 g/mol. The number of nitrogen functional groups attached to an aromatic ring is 1. The van der Waals surface area contributed by atoms with Crippen molar-refractivity contribution < 1.29 is 42.5 Å². The molecule has 1 spiro atoms. The van der Waals surface area contributed by atoms with E-state index in [1.807, 2.05) is 12.1 Å². The third-order valence-corrected chi connectivity index (χ3v) is 12.4. The van der Waals surface area contributed by atoms with Gasteiger partial charge in [-0.2, -0.15) is 10.2 Å². The number of para-hydroxylation sites is 1. The molecule has 5 rings (SSSR count). The minimum Gasteiger partial charge on any atom is -0.464 e. The summed E-state index contributed by atoms with van der Waals surface area (Å²) >= 11 is 0. The summed E-state index contributed by atoms with van der Waals surface area (Å²) in [7, 11) is -4.18. The van der Waals surface area contributed by atoms with Crippen molar-refractivity contribution in [3.05, 3.63) is 54.5 Å². The predicted molar refractivity (Wildman–Crippen MR) is 223 cm³/mol. The van der Waals surface area contributed by atoms with Gasteiger partial charge < -0.3 is 34.3 Å². The zero-order valence-corrected chi connectivity index (χ0v) is 36.0. The van der Waals surface area contributed by atoms with E-state index in [-0.39, 0.29) is 6.61 Å². The molecule has 58 heavy (non-hydrogen) atoms. The molecule has 324 valence electrons. The Morgan fingerprint density at radius 2 is 1.59 bits per heavy atom. The molecule has 4 N–H and O–H groups in total. The fourth-order valence-corrected chi connectivity index (χ4v) is 9.32. The van der Waals surface area contributed by atoms with E-state index in [9.17, 15) is 14.5 Å². The highest BCUT2D eigenvalue weighted by atomic mass is 31.2. The molecular formula is C43H68N5O9P. The first kappa shape index (κ1) is 46.0. The van der Waals surface area contributed by atoms with Crippen LogP contribution in [0, 0.1) is 0 Å². The van der Waals surface area contributed by atoms with Crippen LogP contribution in [0.25, 0.3) is 5.52 Å². The molecule has 0 radical (unpaired) electrons. The number of carbonyl (C=O) groups excluding carboxylic acids is 1. The molecule has 0 amide bonds. The lowest BCUT2D eigenvalue weighted by Gasteiger charge is -2.26. The zero-order chi connectivity index (χ0) is 41.4. The van der Waals surface area contributed by atoms with Crippen molar-refractivity contribution >= 4 is 25.1 Å². The Bertz CT molecular complexity index is 1720. The van der Waals surface area contributed by atoms with E-state index in [4.69, 9.17) is 33.7 Å². The van der Waals surface area contributed by atoms with Gasteiger partial charge in [0.15, 0.2) is 11.6 Å². The van der Waals surface area contributed by atoms with Crippen molar-refractivity contribution in [2.24, 2.45) is 0 Å². The van der Waals surface area contributed by atoms with Crippen LogP contribution in [-0.4, -0.2) is 75.1 Å². The molecule has 6 atom stereocenters. The minimum atomic E-state index is -4.18. The summed E-state index contributed by atoms with van der Waals surface area (Å²) < 4.78 is 52.2. The van der Waals surface area contributed by atoms with E-state index in [0.29, 0.717) is 55.3 Å². The Balaban J connectivity index is 1.03. The van der Waals surface area contributed by atoms with Crippen LogP contribution in [-0.2, 0) is 32.8 Å². The van der Waals surface area contributed by atoms with Crippen molar-refractivity contribution in [1.29, 1.82) is 0 Å². The number of unbranched alkanes of at least 4 members (excludes halogenated alkanes) is 13. The molecule has 15 heteroatoms. The maximum absolute atomic E-state index is 14.4. The molecule has 3 aromatic rings. The van der Waals surface area contributed by atoms with Gasteiger partial charge in [0.05, 0.1) is 18.4 Å². The summed E-state index contributed by atoms with van der Waals surface area (Å²) in [6, 6.07) is 11.2. The first-order chi connectivity index (χ1) is 27.9. The van der Waals surface area contributed by atoms with Gasteiger partial charge in [-0.25, -0.2) is 14.1 Å². The Morgan fingerprint density at radius 1 is 0.948 bits per heavy atom. The fourth-order valence-electron chi connectivity index (χ4n) is 7.58. The number of carbonyl (C=O) groups is 1. The van der Waals surface area contributed by atoms with Crippen molar-refractivity contribution in [1.82, 2.24) is 19.7 Å². The number of nitrogens with zero attached hydrogens (tertiary/aromatic N) is 3. The number of nitrogens with two attached hydrogens (primary N) is 1. The average molecular weight is 830 g/mol. The second-order valence-corrected chi connectivity index (χ2v) is 18.0. The summed E-state index contributed by atoms with van der Waals surface area (Å²) in [6.07, 6.45) is 19.1. The number of ether oxygens (including phenoxy) is 4. The maximum atomic E-state index is 14.4.